The lowest BCUT2D eigenvalue weighted by atomic mass is 10.3. The Morgan fingerprint density at radius 3 is 2.91 bits per heavy atom. The van der Waals surface area contributed by atoms with Crippen LogP contribution in [-0.2, 0) is 0 Å². The first-order chi connectivity index (χ1) is 10.6. The van der Waals surface area contributed by atoms with Crippen LogP contribution in [0.1, 0.15) is 30.3 Å². The second-order valence-electron chi connectivity index (χ2n) is 4.98. The van der Waals surface area contributed by atoms with Gasteiger partial charge in [-0.05, 0) is 30.7 Å². The maximum absolute atomic E-state index is 12.3. The average Bonchev–Trinajstić information content (AvgIpc) is 2.52. The number of halogens is 1. The molecule has 5 nitrogen and oxygen atoms in total. The summed E-state index contributed by atoms with van der Waals surface area (Å²) in [5, 5.41) is 3.10. The van der Waals surface area contributed by atoms with E-state index in [0.29, 0.717) is 11.6 Å². The van der Waals surface area contributed by atoms with Crippen molar-refractivity contribution in [1.82, 2.24) is 14.9 Å². The van der Waals surface area contributed by atoms with Crippen LogP contribution in [0.4, 0.5) is 11.6 Å². The molecule has 2 rings (SSSR count). The molecule has 6 heteroatoms. The van der Waals surface area contributed by atoms with E-state index >= 15 is 0 Å². The Morgan fingerprint density at radius 2 is 2.18 bits per heavy atom. The molecule has 22 heavy (non-hydrogen) atoms. The molecule has 116 valence electrons. The lowest BCUT2D eigenvalue weighted by molar-refractivity contribution is 0.0787. The molecule has 0 aliphatic heterocycles. The van der Waals surface area contributed by atoms with E-state index in [9.17, 15) is 4.79 Å². The second-order valence-corrected chi connectivity index (χ2v) is 5.90. The van der Waals surface area contributed by atoms with Gasteiger partial charge in [-0.3, -0.25) is 4.79 Å². The van der Waals surface area contributed by atoms with Crippen molar-refractivity contribution in [2.45, 2.75) is 19.8 Å². The van der Waals surface area contributed by atoms with Gasteiger partial charge in [-0.25, -0.2) is 9.97 Å². The highest BCUT2D eigenvalue weighted by Crippen LogP contribution is 2.18. The van der Waals surface area contributed by atoms with E-state index in [1.54, 1.807) is 24.2 Å². The van der Waals surface area contributed by atoms with Crippen molar-refractivity contribution in [3.63, 3.8) is 0 Å². The number of nitrogens with zero attached hydrogens (tertiary/aromatic N) is 3. The number of anilines is 2. The molecule has 0 spiro atoms. The Bertz CT molecular complexity index is 648. The molecule has 0 fully saturated rings. The number of hydrogen-bond donors (Lipinski definition) is 1. The van der Waals surface area contributed by atoms with Gasteiger partial charge in [0, 0.05) is 29.9 Å². The molecule has 1 aromatic carbocycles. The van der Waals surface area contributed by atoms with Gasteiger partial charge >= 0.3 is 0 Å². The highest BCUT2D eigenvalue weighted by Gasteiger charge is 2.13. The molecule has 1 aromatic heterocycles. The summed E-state index contributed by atoms with van der Waals surface area (Å²) < 4.78 is 0.962. The van der Waals surface area contributed by atoms with Gasteiger partial charge in [0.15, 0.2) is 0 Å². The first-order valence-corrected chi connectivity index (χ1v) is 8.00. The molecular formula is C16H19BrN4O. The van der Waals surface area contributed by atoms with Crippen LogP contribution >= 0.6 is 15.9 Å². The summed E-state index contributed by atoms with van der Waals surface area (Å²) in [5.41, 5.74) is 1.25. The molecule has 1 heterocycles. The number of benzene rings is 1. The largest absolute Gasteiger partial charge is 0.340 e. The van der Waals surface area contributed by atoms with Crippen molar-refractivity contribution in [3.8, 4) is 0 Å². The van der Waals surface area contributed by atoms with Crippen LogP contribution in [-0.4, -0.2) is 34.4 Å². The fourth-order valence-electron chi connectivity index (χ4n) is 1.93. The number of unbranched alkanes of at least 4 members (excludes halogenated alkanes) is 1. The fraction of sp³-hybridized carbons (Fsp3) is 0.312. The maximum atomic E-state index is 12.3. The van der Waals surface area contributed by atoms with Crippen LogP contribution in [0.2, 0.25) is 0 Å². The van der Waals surface area contributed by atoms with Crippen molar-refractivity contribution in [2.75, 3.05) is 18.9 Å². The molecular weight excluding hydrogens is 344 g/mol. The van der Waals surface area contributed by atoms with Crippen LogP contribution < -0.4 is 5.32 Å². The van der Waals surface area contributed by atoms with Gasteiger partial charge in [0.2, 0.25) is 5.95 Å². The molecule has 0 saturated carbocycles. The number of carbonyl (C=O) groups is 1. The molecule has 0 radical (unpaired) electrons. The topological polar surface area (TPSA) is 58.1 Å². The molecule has 0 aliphatic carbocycles. The minimum Gasteiger partial charge on any atom is -0.340 e. The van der Waals surface area contributed by atoms with E-state index in [0.717, 1.165) is 29.5 Å². The van der Waals surface area contributed by atoms with E-state index in [2.05, 4.69) is 38.1 Å². The number of amides is 1. The number of rotatable bonds is 6. The van der Waals surface area contributed by atoms with Crippen LogP contribution in [0, 0.1) is 0 Å². The minimum atomic E-state index is -0.0897. The van der Waals surface area contributed by atoms with Gasteiger partial charge in [0.25, 0.3) is 5.91 Å². The first kappa shape index (κ1) is 16.4. The van der Waals surface area contributed by atoms with Crippen LogP contribution in [0.25, 0.3) is 0 Å². The molecule has 0 aliphatic rings. The molecule has 0 unspecified atom stereocenters. The standard InChI is InChI=1S/C16H19BrN4O/c1-3-4-10-21(2)15(22)14-8-9-18-16(20-14)19-13-7-5-6-12(17)11-13/h5-9,11H,3-4,10H2,1-2H3,(H,18,19,20). The third-order valence-electron chi connectivity index (χ3n) is 3.15. The normalized spacial score (nSPS) is 10.3. The number of nitrogens with one attached hydrogen (secondary N) is 1. The number of carbonyl (C=O) groups excluding carboxylic acids is 1. The molecule has 2 aromatic rings. The lowest BCUT2D eigenvalue weighted by Crippen LogP contribution is -2.28. The quantitative estimate of drug-likeness (QED) is 0.847. The maximum Gasteiger partial charge on any atom is 0.272 e. The van der Waals surface area contributed by atoms with Crippen LogP contribution in [0.3, 0.4) is 0 Å². The number of hydrogen-bond acceptors (Lipinski definition) is 4. The number of aromatic nitrogens is 2. The summed E-state index contributed by atoms with van der Waals surface area (Å²) in [4.78, 5) is 22.5. The molecule has 0 atom stereocenters. The minimum absolute atomic E-state index is 0.0897. The second kappa shape index (κ2) is 7.89. The molecule has 0 bridgehead atoms. The monoisotopic (exact) mass is 362 g/mol. The van der Waals surface area contributed by atoms with Gasteiger partial charge in [0.05, 0.1) is 0 Å². The smallest absolute Gasteiger partial charge is 0.272 e. The van der Waals surface area contributed by atoms with Crippen molar-refractivity contribution in [3.05, 3.63) is 46.7 Å². The third kappa shape index (κ3) is 4.53. The Labute approximate surface area is 138 Å². The van der Waals surface area contributed by atoms with Crippen molar-refractivity contribution >= 4 is 33.5 Å². The van der Waals surface area contributed by atoms with Gasteiger partial charge in [-0.15, -0.1) is 0 Å². The van der Waals surface area contributed by atoms with Crippen LogP contribution in [0.5, 0.6) is 0 Å². The lowest BCUT2D eigenvalue weighted by Gasteiger charge is -2.16. The fourth-order valence-corrected chi connectivity index (χ4v) is 2.32. The van der Waals surface area contributed by atoms with Gasteiger partial charge in [0.1, 0.15) is 5.69 Å². The predicted octanol–water partition coefficient (Wildman–Crippen LogP) is 3.85. The van der Waals surface area contributed by atoms with Crippen molar-refractivity contribution in [2.24, 2.45) is 0 Å². The van der Waals surface area contributed by atoms with Crippen molar-refractivity contribution in [1.29, 1.82) is 0 Å². The SMILES string of the molecule is CCCCN(C)C(=O)c1ccnc(Nc2cccc(Br)c2)n1. The highest BCUT2D eigenvalue weighted by atomic mass is 79.9. The zero-order valence-corrected chi connectivity index (χ0v) is 14.3. The van der Waals surface area contributed by atoms with Gasteiger partial charge in [-0.1, -0.05) is 35.3 Å². The first-order valence-electron chi connectivity index (χ1n) is 7.21. The molecule has 1 N–H and O–H groups in total. The molecule has 0 saturated heterocycles. The Kier molecular flexibility index (Phi) is 5.89. The summed E-state index contributed by atoms with van der Waals surface area (Å²) in [6.45, 7) is 2.83. The van der Waals surface area contributed by atoms with Gasteiger partial charge < -0.3 is 10.2 Å². The Hall–Kier alpha value is -1.95. The third-order valence-corrected chi connectivity index (χ3v) is 3.64. The van der Waals surface area contributed by atoms with E-state index in [4.69, 9.17) is 0 Å². The van der Waals surface area contributed by atoms with Crippen LogP contribution in [0.15, 0.2) is 41.0 Å². The predicted molar refractivity (Wildman–Crippen MR) is 91.3 cm³/mol. The van der Waals surface area contributed by atoms with E-state index in [1.165, 1.54) is 0 Å². The Morgan fingerprint density at radius 1 is 1.36 bits per heavy atom. The zero-order chi connectivity index (χ0) is 15.9. The summed E-state index contributed by atoms with van der Waals surface area (Å²) >= 11 is 3.41. The highest BCUT2D eigenvalue weighted by molar-refractivity contribution is 9.10. The van der Waals surface area contributed by atoms with E-state index in [1.807, 2.05) is 24.3 Å². The molecule has 1 amide bonds. The van der Waals surface area contributed by atoms with Crippen molar-refractivity contribution < 1.29 is 4.79 Å². The van der Waals surface area contributed by atoms with E-state index in [-0.39, 0.29) is 5.91 Å². The van der Waals surface area contributed by atoms with Gasteiger partial charge in [-0.2, -0.15) is 0 Å². The zero-order valence-electron chi connectivity index (χ0n) is 12.7. The average molecular weight is 363 g/mol. The van der Waals surface area contributed by atoms with E-state index < -0.39 is 0 Å². The summed E-state index contributed by atoms with van der Waals surface area (Å²) in [6, 6.07) is 9.33. The summed E-state index contributed by atoms with van der Waals surface area (Å²) in [5.74, 6) is 0.320. The summed E-state index contributed by atoms with van der Waals surface area (Å²) in [6.07, 6.45) is 3.63. The Balaban J connectivity index is 2.11. The summed E-state index contributed by atoms with van der Waals surface area (Å²) in [7, 11) is 1.79.